The Labute approximate surface area is 124 Å². The molecule has 0 atom stereocenters. The first-order valence-corrected chi connectivity index (χ1v) is 6.93. The third-order valence-electron chi connectivity index (χ3n) is 3.82. The van der Waals surface area contributed by atoms with Crippen molar-refractivity contribution in [2.75, 3.05) is 20.0 Å². The SMILES string of the molecule is CCC(CC)(OC)c1noc(-c2ccc(N)cc2OC)n1. The van der Waals surface area contributed by atoms with Gasteiger partial charge in [0.15, 0.2) is 0 Å². The predicted octanol–water partition coefficient (Wildman–Crippen LogP) is 2.99. The second-order valence-electron chi connectivity index (χ2n) is 4.79. The standard InChI is InChI=1S/C15H21N3O3/c1-5-15(6-2,20-4)14-17-13(21-18-14)11-8-7-10(16)9-12(11)19-3/h7-9H,5-6,16H2,1-4H3. The van der Waals surface area contributed by atoms with E-state index in [0.29, 0.717) is 28.7 Å². The van der Waals surface area contributed by atoms with E-state index in [9.17, 15) is 0 Å². The van der Waals surface area contributed by atoms with Gasteiger partial charge in [-0.25, -0.2) is 0 Å². The van der Waals surface area contributed by atoms with E-state index in [0.717, 1.165) is 12.8 Å². The van der Waals surface area contributed by atoms with E-state index in [4.69, 9.17) is 19.7 Å². The highest BCUT2D eigenvalue weighted by atomic mass is 16.5. The predicted molar refractivity (Wildman–Crippen MR) is 80.0 cm³/mol. The summed E-state index contributed by atoms with van der Waals surface area (Å²) in [6.45, 7) is 4.07. The van der Waals surface area contributed by atoms with Gasteiger partial charge in [0, 0.05) is 18.9 Å². The number of nitrogens with two attached hydrogens (primary N) is 1. The first-order chi connectivity index (χ1) is 10.1. The Morgan fingerprint density at radius 3 is 2.52 bits per heavy atom. The van der Waals surface area contributed by atoms with Crippen molar-refractivity contribution in [2.45, 2.75) is 32.3 Å². The van der Waals surface area contributed by atoms with Crippen LogP contribution in [0.1, 0.15) is 32.5 Å². The van der Waals surface area contributed by atoms with Crippen molar-refractivity contribution in [1.29, 1.82) is 0 Å². The molecule has 0 saturated carbocycles. The van der Waals surface area contributed by atoms with E-state index >= 15 is 0 Å². The molecule has 0 amide bonds. The van der Waals surface area contributed by atoms with Crippen molar-refractivity contribution in [2.24, 2.45) is 0 Å². The van der Waals surface area contributed by atoms with E-state index in [1.165, 1.54) is 0 Å². The quantitative estimate of drug-likeness (QED) is 0.824. The van der Waals surface area contributed by atoms with Crippen molar-refractivity contribution in [3.05, 3.63) is 24.0 Å². The van der Waals surface area contributed by atoms with Gasteiger partial charge in [-0.3, -0.25) is 0 Å². The Morgan fingerprint density at radius 1 is 1.24 bits per heavy atom. The maximum absolute atomic E-state index is 5.75. The fourth-order valence-corrected chi connectivity index (χ4v) is 2.35. The minimum Gasteiger partial charge on any atom is -0.496 e. The van der Waals surface area contributed by atoms with Gasteiger partial charge in [-0.2, -0.15) is 4.98 Å². The largest absolute Gasteiger partial charge is 0.496 e. The molecule has 114 valence electrons. The molecule has 0 saturated heterocycles. The molecule has 0 bridgehead atoms. The van der Waals surface area contributed by atoms with Gasteiger partial charge in [-0.1, -0.05) is 19.0 Å². The van der Waals surface area contributed by atoms with Gasteiger partial charge in [0.05, 0.1) is 12.7 Å². The van der Waals surface area contributed by atoms with Gasteiger partial charge in [0.25, 0.3) is 5.89 Å². The number of hydrogen-bond donors (Lipinski definition) is 1. The van der Waals surface area contributed by atoms with Gasteiger partial charge in [0.2, 0.25) is 5.82 Å². The Hall–Kier alpha value is -2.08. The summed E-state index contributed by atoms with van der Waals surface area (Å²) in [5.41, 5.74) is 6.55. The highest BCUT2D eigenvalue weighted by Gasteiger charge is 2.34. The van der Waals surface area contributed by atoms with E-state index in [2.05, 4.69) is 10.1 Å². The molecule has 6 nitrogen and oxygen atoms in total. The zero-order chi connectivity index (χ0) is 15.5. The summed E-state index contributed by atoms with van der Waals surface area (Å²) in [6.07, 6.45) is 1.52. The summed E-state index contributed by atoms with van der Waals surface area (Å²) in [5.74, 6) is 1.54. The Balaban J connectivity index is 2.45. The molecule has 2 N–H and O–H groups in total. The zero-order valence-electron chi connectivity index (χ0n) is 12.8. The summed E-state index contributed by atoms with van der Waals surface area (Å²) in [5, 5.41) is 4.08. The molecule has 1 aromatic heterocycles. The highest BCUT2D eigenvalue weighted by molar-refractivity contribution is 5.66. The van der Waals surface area contributed by atoms with Crippen LogP contribution in [-0.4, -0.2) is 24.4 Å². The first-order valence-electron chi connectivity index (χ1n) is 6.93. The minimum atomic E-state index is -0.525. The van der Waals surface area contributed by atoms with Gasteiger partial charge in [-0.15, -0.1) is 0 Å². The molecule has 2 rings (SSSR count). The third-order valence-corrected chi connectivity index (χ3v) is 3.82. The van der Waals surface area contributed by atoms with Crippen LogP contribution < -0.4 is 10.5 Å². The van der Waals surface area contributed by atoms with Crippen molar-refractivity contribution < 1.29 is 14.0 Å². The molecule has 21 heavy (non-hydrogen) atoms. The Kier molecular flexibility index (Phi) is 4.47. The maximum atomic E-state index is 5.75. The van der Waals surface area contributed by atoms with Crippen molar-refractivity contribution in [1.82, 2.24) is 10.1 Å². The molecule has 0 aliphatic carbocycles. The Morgan fingerprint density at radius 2 is 1.95 bits per heavy atom. The van der Waals surface area contributed by atoms with Gasteiger partial charge < -0.3 is 19.7 Å². The lowest BCUT2D eigenvalue weighted by atomic mass is 9.96. The van der Waals surface area contributed by atoms with Crippen LogP contribution in [0.5, 0.6) is 5.75 Å². The molecule has 0 fully saturated rings. The van der Waals surface area contributed by atoms with E-state index in [1.807, 2.05) is 13.8 Å². The number of nitrogen functional groups attached to an aromatic ring is 1. The molecular weight excluding hydrogens is 270 g/mol. The number of benzene rings is 1. The summed E-state index contributed by atoms with van der Waals surface area (Å²) < 4.78 is 16.3. The fraction of sp³-hybridized carbons (Fsp3) is 0.467. The van der Waals surface area contributed by atoms with E-state index in [-0.39, 0.29) is 0 Å². The van der Waals surface area contributed by atoms with Crippen molar-refractivity contribution in [3.8, 4) is 17.2 Å². The number of anilines is 1. The number of methoxy groups -OCH3 is 2. The lowest BCUT2D eigenvalue weighted by molar-refractivity contribution is -0.0306. The first kappa shape index (κ1) is 15.3. The second-order valence-corrected chi connectivity index (χ2v) is 4.79. The molecule has 1 heterocycles. The van der Waals surface area contributed by atoms with E-state index in [1.54, 1.807) is 32.4 Å². The topological polar surface area (TPSA) is 83.4 Å². The average Bonchev–Trinajstić information content (AvgIpc) is 2.99. The number of hydrogen-bond acceptors (Lipinski definition) is 6. The van der Waals surface area contributed by atoms with Gasteiger partial charge in [-0.05, 0) is 25.0 Å². The molecule has 0 aliphatic rings. The van der Waals surface area contributed by atoms with Gasteiger partial charge in [0.1, 0.15) is 11.4 Å². The molecule has 0 unspecified atom stereocenters. The monoisotopic (exact) mass is 291 g/mol. The number of aromatic nitrogens is 2. The van der Waals surface area contributed by atoms with Crippen LogP contribution in [0.3, 0.4) is 0 Å². The molecule has 0 radical (unpaired) electrons. The second kappa shape index (κ2) is 6.13. The fourth-order valence-electron chi connectivity index (χ4n) is 2.35. The summed E-state index contributed by atoms with van der Waals surface area (Å²) in [4.78, 5) is 4.48. The Bertz CT molecular complexity index is 598. The zero-order valence-corrected chi connectivity index (χ0v) is 12.8. The van der Waals surface area contributed by atoms with E-state index < -0.39 is 5.60 Å². The molecular formula is C15H21N3O3. The van der Waals surface area contributed by atoms with Crippen LogP contribution in [0.25, 0.3) is 11.5 Å². The number of ether oxygens (including phenoxy) is 2. The van der Waals surface area contributed by atoms with Crippen LogP contribution >= 0.6 is 0 Å². The maximum Gasteiger partial charge on any atom is 0.261 e. The smallest absolute Gasteiger partial charge is 0.261 e. The van der Waals surface area contributed by atoms with Crippen LogP contribution in [0, 0.1) is 0 Å². The lowest BCUT2D eigenvalue weighted by Crippen LogP contribution is -2.28. The molecule has 0 spiro atoms. The average molecular weight is 291 g/mol. The molecule has 1 aromatic carbocycles. The highest BCUT2D eigenvalue weighted by Crippen LogP contribution is 2.34. The van der Waals surface area contributed by atoms with Gasteiger partial charge >= 0.3 is 0 Å². The summed E-state index contributed by atoms with van der Waals surface area (Å²) in [6, 6.07) is 5.30. The lowest BCUT2D eigenvalue weighted by Gasteiger charge is -2.25. The van der Waals surface area contributed by atoms with Crippen molar-refractivity contribution in [3.63, 3.8) is 0 Å². The minimum absolute atomic E-state index is 0.394. The normalized spacial score (nSPS) is 11.6. The molecule has 0 aliphatic heterocycles. The van der Waals surface area contributed by atoms with Crippen LogP contribution in [-0.2, 0) is 10.3 Å². The van der Waals surface area contributed by atoms with Crippen molar-refractivity contribution >= 4 is 5.69 Å². The van der Waals surface area contributed by atoms with Crippen LogP contribution in [0.4, 0.5) is 5.69 Å². The molecule has 6 heteroatoms. The van der Waals surface area contributed by atoms with Crippen LogP contribution in [0.15, 0.2) is 22.7 Å². The number of rotatable bonds is 6. The number of nitrogens with zero attached hydrogens (tertiary/aromatic N) is 2. The summed E-state index contributed by atoms with van der Waals surface area (Å²) >= 11 is 0. The summed E-state index contributed by atoms with van der Waals surface area (Å²) in [7, 11) is 3.24. The van der Waals surface area contributed by atoms with Crippen LogP contribution in [0.2, 0.25) is 0 Å². The third kappa shape index (κ3) is 2.71. The molecule has 2 aromatic rings.